The lowest BCUT2D eigenvalue weighted by molar-refractivity contribution is -0.139. The molecule has 0 saturated carbocycles. The van der Waals surface area contributed by atoms with Gasteiger partial charge in [-0.2, -0.15) is 0 Å². The highest BCUT2D eigenvalue weighted by Gasteiger charge is 2.45. The van der Waals surface area contributed by atoms with Crippen molar-refractivity contribution in [2.45, 2.75) is 44.5 Å². The molecule has 1 aliphatic heterocycles. The third kappa shape index (κ3) is 5.60. The van der Waals surface area contributed by atoms with Crippen LogP contribution in [-0.2, 0) is 19.0 Å². The fourth-order valence-electron chi connectivity index (χ4n) is 4.43. The Labute approximate surface area is 204 Å². The maximum Gasteiger partial charge on any atom is 0.338 e. The molecule has 6 heteroatoms. The van der Waals surface area contributed by atoms with Crippen LogP contribution in [0.15, 0.2) is 96.6 Å². The Hall–Kier alpha value is -3.93. The number of fused-ring (bicyclic) bond motifs is 1. The SMILES string of the molecule is C=C1CC2OC(=O)C(=C)C2C(OC(=O)c2ccccc2)/C=C(\C)CCC1OC(=O)c1ccccc1. The van der Waals surface area contributed by atoms with Crippen LogP contribution in [0.2, 0.25) is 0 Å². The summed E-state index contributed by atoms with van der Waals surface area (Å²) >= 11 is 0. The van der Waals surface area contributed by atoms with E-state index in [-0.39, 0.29) is 12.0 Å². The summed E-state index contributed by atoms with van der Waals surface area (Å²) in [7, 11) is 0. The van der Waals surface area contributed by atoms with Crippen molar-refractivity contribution in [3.05, 3.63) is 108 Å². The lowest BCUT2D eigenvalue weighted by Gasteiger charge is -2.29. The number of esters is 3. The molecule has 35 heavy (non-hydrogen) atoms. The molecule has 180 valence electrons. The number of allylic oxidation sites excluding steroid dienone is 1. The van der Waals surface area contributed by atoms with E-state index in [0.717, 1.165) is 5.57 Å². The molecule has 0 aromatic heterocycles. The Kier molecular flexibility index (Phi) is 7.30. The Morgan fingerprint density at radius 3 is 2.09 bits per heavy atom. The topological polar surface area (TPSA) is 78.9 Å². The van der Waals surface area contributed by atoms with Gasteiger partial charge in [-0.25, -0.2) is 14.4 Å². The fraction of sp³-hybridized carbons (Fsp3) is 0.276. The molecule has 1 aliphatic carbocycles. The molecule has 4 atom stereocenters. The Morgan fingerprint density at radius 2 is 1.49 bits per heavy atom. The molecule has 6 nitrogen and oxygen atoms in total. The first-order valence-corrected chi connectivity index (χ1v) is 11.6. The van der Waals surface area contributed by atoms with Crippen LogP contribution >= 0.6 is 0 Å². The number of ether oxygens (including phenoxy) is 3. The maximum absolute atomic E-state index is 12.8. The van der Waals surface area contributed by atoms with Gasteiger partial charge in [0, 0.05) is 12.0 Å². The highest BCUT2D eigenvalue weighted by atomic mass is 16.6. The van der Waals surface area contributed by atoms with E-state index in [0.29, 0.717) is 29.5 Å². The molecule has 0 amide bonds. The van der Waals surface area contributed by atoms with Gasteiger partial charge in [0.2, 0.25) is 0 Å². The van der Waals surface area contributed by atoms with Crippen molar-refractivity contribution in [2.75, 3.05) is 0 Å². The number of hydrogen-bond donors (Lipinski definition) is 0. The van der Waals surface area contributed by atoms with Crippen molar-refractivity contribution in [1.29, 1.82) is 0 Å². The van der Waals surface area contributed by atoms with Gasteiger partial charge in [-0.05, 0) is 55.7 Å². The molecule has 0 bridgehead atoms. The molecule has 4 unspecified atom stereocenters. The molecule has 1 saturated heterocycles. The molecule has 2 aromatic carbocycles. The van der Waals surface area contributed by atoms with Crippen LogP contribution in [0, 0.1) is 5.92 Å². The summed E-state index contributed by atoms with van der Waals surface area (Å²) in [6.07, 6.45) is 1.26. The molecule has 0 spiro atoms. The van der Waals surface area contributed by atoms with E-state index in [2.05, 4.69) is 13.2 Å². The predicted molar refractivity (Wildman–Crippen MR) is 131 cm³/mol. The standard InChI is InChI=1S/C29H28O6/c1-18-14-15-23(33-28(31)21-10-6-4-7-11-21)19(2)17-25-26(20(3)27(30)34-25)24(16-18)35-29(32)22-12-8-5-9-13-22/h4-13,16,23-26H,2-3,14-15,17H2,1H3/b18-16+. The van der Waals surface area contributed by atoms with E-state index in [9.17, 15) is 14.4 Å². The largest absolute Gasteiger partial charge is 0.458 e. The zero-order valence-electron chi connectivity index (χ0n) is 19.6. The second kappa shape index (κ2) is 10.6. The minimum Gasteiger partial charge on any atom is -0.458 e. The second-order valence-electron chi connectivity index (χ2n) is 8.90. The summed E-state index contributed by atoms with van der Waals surface area (Å²) in [5.74, 6) is -2.03. The van der Waals surface area contributed by atoms with Crippen molar-refractivity contribution in [1.82, 2.24) is 0 Å². The van der Waals surface area contributed by atoms with Gasteiger partial charge in [-0.3, -0.25) is 0 Å². The van der Waals surface area contributed by atoms with Crippen molar-refractivity contribution >= 4 is 17.9 Å². The molecule has 4 rings (SSSR count). The van der Waals surface area contributed by atoms with Crippen molar-refractivity contribution in [3.8, 4) is 0 Å². The minimum atomic E-state index is -0.733. The van der Waals surface area contributed by atoms with Gasteiger partial charge in [0.05, 0.1) is 17.0 Å². The highest BCUT2D eigenvalue weighted by molar-refractivity contribution is 5.92. The average Bonchev–Trinajstić information content (AvgIpc) is 3.14. The van der Waals surface area contributed by atoms with Crippen LogP contribution in [0.1, 0.15) is 46.9 Å². The van der Waals surface area contributed by atoms with Crippen LogP contribution in [0.3, 0.4) is 0 Å². The van der Waals surface area contributed by atoms with Crippen molar-refractivity contribution < 1.29 is 28.6 Å². The minimum absolute atomic E-state index is 0.246. The van der Waals surface area contributed by atoms with Crippen molar-refractivity contribution in [3.63, 3.8) is 0 Å². The van der Waals surface area contributed by atoms with E-state index in [1.54, 1.807) is 48.5 Å². The number of benzene rings is 2. The first-order valence-electron chi connectivity index (χ1n) is 11.6. The summed E-state index contributed by atoms with van der Waals surface area (Å²) in [5, 5.41) is 0. The molecular formula is C29H28O6. The van der Waals surface area contributed by atoms with Crippen LogP contribution in [0.5, 0.6) is 0 Å². The predicted octanol–water partition coefficient (Wildman–Crippen LogP) is 5.22. The smallest absolute Gasteiger partial charge is 0.338 e. The van der Waals surface area contributed by atoms with Crippen molar-refractivity contribution in [2.24, 2.45) is 5.92 Å². The monoisotopic (exact) mass is 472 g/mol. The average molecular weight is 473 g/mol. The molecule has 2 aliphatic rings. The van der Waals surface area contributed by atoms with E-state index in [1.165, 1.54) is 0 Å². The van der Waals surface area contributed by atoms with Crippen LogP contribution in [0.4, 0.5) is 0 Å². The quantitative estimate of drug-likeness (QED) is 0.263. The van der Waals surface area contributed by atoms with Gasteiger partial charge in [0.15, 0.2) is 0 Å². The number of rotatable bonds is 4. The molecule has 0 N–H and O–H groups in total. The van der Waals surface area contributed by atoms with Gasteiger partial charge in [-0.1, -0.05) is 55.1 Å². The lowest BCUT2D eigenvalue weighted by atomic mass is 9.84. The van der Waals surface area contributed by atoms with E-state index in [1.807, 2.05) is 25.1 Å². The number of carbonyl (C=O) groups is 3. The van der Waals surface area contributed by atoms with E-state index in [4.69, 9.17) is 14.2 Å². The third-order valence-corrected chi connectivity index (χ3v) is 6.36. The fourth-order valence-corrected chi connectivity index (χ4v) is 4.43. The lowest BCUT2D eigenvalue weighted by Crippen LogP contribution is -2.34. The normalized spacial score (nSPS) is 26.1. The Balaban J connectivity index is 1.59. The molecular weight excluding hydrogens is 444 g/mol. The van der Waals surface area contributed by atoms with Gasteiger partial charge < -0.3 is 14.2 Å². The third-order valence-electron chi connectivity index (χ3n) is 6.36. The van der Waals surface area contributed by atoms with Gasteiger partial charge >= 0.3 is 17.9 Å². The Bertz CT molecular complexity index is 1160. The summed E-state index contributed by atoms with van der Waals surface area (Å²) in [6.45, 7) is 10.00. The maximum atomic E-state index is 12.8. The summed E-state index contributed by atoms with van der Waals surface area (Å²) in [4.78, 5) is 38.0. The summed E-state index contributed by atoms with van der Waals surface area (Å²) in [5.41, 5.74) is 2.68. The summed E-state index contributed by atoms with van der Waals surface area (Å²) in [6, 6.07) is 17.5. The van der Waals surface area contributed by atoms with E-state index < -0.39 is 42.1 Å². The van der Waals surface area contributed by atoms with Gasteiger partial charge in [0.25, 0.3) is 0 Å². The molecule has 1 heterocycles. The van der Waals surface area contributed by atoms with E-state index >= 15 is 0 Å². The zero-order valence-corrected chi connectivity index (χ0v) is 19.6. The van der Waals surface area contributed by atoms with Crippen LogP contribution in [-0.4, -0.2) is 36.2 Å². The first-order chi connectivity index (χ1) is 16.8. The summed E-state index contributed by atoms with van der Waals surface area (Å²) < 4.78 is 17.3. The first kappa shape index (κ1) is 24.2. The number of hydrogen-bond acceptors (Lipinski definition) is 6. The molecule has 1 fully saturated rings. The highest BCUT2D eigenvalue weighted by Crippen LogP contribution is 2.38. The van der Waals surface area contributed by atoms with Crippen LogP contribution < -0.4 is 0 Å². The molecule has 0 radical (unpaired) electrons. The van der Waals surface area contributed by atoms with Gasteiger partial charge in [0.1, 0.15) is 18.3 Å². The number of carbonyl (C=O) groups excluding carboxylic acids is 3. The Morgan fingerprint density at radius 1 is 0.914 bits per heavy atom. The second-order valence-corrected chi connectivity index (χ2v) is 8.90. The molecule has 2 aromatic rings. The zero-order chi connectivity index (χ0) is 24.9. The van der Waals surface area contributed by atoms with Crippen LogP contribution in [0.25, 0.3) is 0 Å². The van der Waals surface area contributed by atoms with Gasteiger partial charge in [-0.15, -0.1) is 0 Å².